The van der Waals surface area contributed by atoms with Crippen molar-refractivity contribution in [3.05, 3.63) is 0 Å². The van der Waals surface area contributed by atoms with Crippen LogP contribution < -0.4 is 5.32 Å². The van der Waals surface area contributed by atoms with E-state index in [1.807, 2.05) is 6.92 Å². The van der Waals surface area contributed by atoms with E-state index < -0.39 is 6.09 Å². The molecule has 0 aromatic heterocycles. The van der Waals surface area contributed by atoms with Gasteiger partial charge in [-0.3, -0.25) is 0 Å². The summed E-state index contributed by atoms with van der Waals surface area (Å²) in [6.45, 7) is 2.33. The zero-order valence-corrected chi connectivity index (χ0v) is 6.51. The van der Waals surface area contributed by atoms with Gasteiger partial charge in [-0.15, -0.1) is 0 Å². The van der Waals surface area contributed by atoms with Crippen LogP contribution in [0.3, 0.4) is 0 Å². The molecule has 0 aromatic carbocycles. The number of nitrogens with one attached hydrogen (secondary N) is 1. The summed E-state index contributed by atoms with van der Waals surface area (Å²) < 4.78 is 9.14. The van der Waals surface area contributed by atoms with E-state index in [0.29, 0.717) is 6.61 Å². The van der Waals surface area contributed by atoms with Crippen molar-refractivity contribution in [2.24, 2.45) is 0 Å². The lowest BCUT2D eigenvalue weighted by atomic mass is 10.4. The fourth-order valence-corrected chi connectivity index (χ4v) is 0.552. The topological polar surface area (TPSA) is 47.6 Å². The smallest absolute Gasteiger partial charge is 0.407 e. The van der Waals surface area contributed by atoms with E-state index in [-0.39, 0.29) is 6.04 Å². The first-order valence-electron chi connectivity index (χ1n) is 3.04. The van der Waals surface area contributed by atoms with Gasteiger partial charge in [0, 0.05) is 7.11 Å². The van der Waals surface area contributed by atoms with Gasteiger partial charge in [0.15, 0.2) is 0 Å². The third-order valence-electron chi connectivity index (χ3n) is 0.966. The number of hydrogen-bond acceptors (Lipinski definition) is 3. The number of hydrogen-bond donors (Lipinski definition) is 1. The molecule has 0 rings (SSSR count). The molecule has 0 saturated carbocycles. The second-order valence-electron chi connectivity index (χ2n) is 1.99. The third-order valence-corrected chi connectivity index (χ3v) is 0.966. The van der Waals surface area contributed by atoms with Crippen molar-refractivity contribution in [3.8, 4) is 0 Å². The zero-order valence-electron chi connectivity index (χ0n) is 6.51. The first kappa shape index (κ1) is 9.23. The summed E-state index contributed by atoms with van der Waals surface area (Å²) in [5.41, 5.74) is 0. The first-order valence-corrected chi connectivity index (χ1v) is 3.04. The number of carbonyl (C=O) groups is 1. The Hall–Kier alpha value is -0.770. The average molecular weight is 147 g/mol. The average Bonchev–Trinajstić information content (AvgIpc) is 1.88. The van der Waals surface area contributed by atoms with Crippen LogP contribution in [0.5, 0.6) is 0 Å². The number of carbonyl (C=O) groups excluding carboxylic acids is 1. The van der Waals surface area contributed by atoms with Gasteiger partial charge in [0.25, 0.3) is 0 Å². The van der Waals surface area contributed by atoms with Crippen LogP contribution in [0, 0.1) is 0 Å². The number of rotatable bonds is 3. The molecule has 0 aliphatic heterocycles. The fourth-order valence-electron chi connectivity index (χ4n) is 0.552. The van der Waals surface area contributed by atoms with E-state index >= 15 is 0 Å². The minimum Gasteiger partial charge on any atom is -0.453 e. The highest BCUT2D eigenvalue weighted by molar-refractivity contribution is 5.67. The van der Waals surface area contributed by atoms with E-state index in [1.165, 1.54) is 7.11 Å². The molecule has 0 unspecified atom stereocenters. The van der Waals surface area contributed by atoms with Gasteiger partial charge in [-0.1, -0.05) is 0 Å². The molecule has 60 valence electrons. The summed E-state index contributed by atoms with van der Waals surface area (Å²) in [5, 5.41) is 2.54. The Morgan fingerprint density at radius 3 is 2.60 bits per heavy atom. The molecule has 4 heteroatoms. The van der Waals surface area contributed by atoms with E-state index in [4.69, 9.17) is 4.74 Å². The Bertz CT molecular complexity index is 105. The van der Waals surface area contributed by atoms with Gasteiger partial charge < -0.3 is 14.8 Å². The Balaban J connectivity index is 3.37. The van der Waals surface area contributed by atoms with Crippen LogP contribution in [0.4, 0.5) is 4.79 Å². The molecule has 0 bridgehead atoms. The van der Waals surface area contributed by atoms with Crippen LogP contribution >= 0.6 is 0 Å². The molecule has 0 heterocycles. The Morgan fingerprint density at radius 1 is 1.60 bits per heavy atom. The Morgan fingerprint density at radius 2 is 2.20 bits per heavy atom. The molecule has 1 N–H and O–H groups in total. The molecule has 4 nitrogen and oxygen atoms in total. The van der Waals surface area contributed by atoms with Crippen molar-refractivity contribution in [2.75, 3.05) is 20.8 Å². The fraction of sp³-hybridized carbons (Fsp3) is 0.833. The normalized spacial score (nSPS) is 12.3. The third kappa shape index (κ3) is 4.14. The second kappa shape index (κ2) is 5.05. The summed E-state index contributed by atoms with van der Waals surface area (Å²) in [6, 6.07) is -0.00236. The Kier molecular flexibility index (Phi) is 4.66. The lowest BCUT2D eigenvalue weighted by Gasteiger charge is -2.10. The molecule has 0 radical (unpaired) electrons. The number of ether oxygens (including phenoxy) is 2. The van der Waals surface area contributed by atoms with Crippen LogP contribution in [0.25, 0.3) is 0 Å². The van der Waals surface area contributed by atoms with Crippen molar-refractivity contribution in [1.29, 1.82) is 0 Å². The van der Waals surface area contributed by atoms with Gasteiger partial charge in [0.1, 0.15) is 0 Å². The van der Waals surface area contributed by atoms with Gasteiger partial charge in [0.2, 0.25) is 0 Å². The highest BCUT2D eigenvalue weighted by Gasteiger charge is 2.04. The summed E-state index contributed by atoms with van der Waals surface area (Å²) in [6.07, 6.45) is -0.426. The van der Waals surface area contributed by atoms with Crippen molar-refractivity contribution < 1.29 is 14.3 Å². The maximum Gasteiger partial charge on any atom is 0.407 e. The number of methoxy groups -OCH3 is 2. The molecule has 0 aliphatic carbocycles. The molecule has 0 aliphatic rings. The van der Waals surface area contributed by atoms with Gasteiger partial charge >= 0.3 is 6.09 Å². The molecular weight excluding hydrogens is 134 g/mol. The van der Waals surface area contributed by atoms with Gasteiger partial charge in [0.05, 0.1) is 19.8 Å². The van der Waals surface area contributed by atoms with E-state index in [9.17, 15) is 4.79 Å². The van der Waals surface area contributed by atoms with E-state index in [1.54, 1.807) is 7.11 Å². The lowest BCUT2D eigenvalue weighted by molar-refractivity contribution is 0.144. The molecule has 1 atom stereocenters. The minimum atomic E-state index is -0.426. The van der Waals surface area contributed by atoms with Crippen LogP contribution in [0.2, 0.25) is 0 Å². The van der Waals surface area contributed by atoms with Crippen molar-refractivity contribution in [3.63, 3.8) is 0 Å². The SMILES string of the molecule is COC[C@H](C)NC(=O)OC. The van der Waals surface area contributed by atoms with Crippen molar-refractivity contribution >= 4 is 6.09 Å². The van der Waals surface area contributed by atoms with E-state index in [0.717, 1.165) is 0 Å². The summed E-state index contributed by atoms with van der Waals surface area (Å²) in [4.78, 5) is 10.5. The van der Waals surface area contributed by atoms with Gasteiger partial charge in [-0.25, -0.2) is 4.79 Å². The van der Waals surface area contributed by atoms with Crippen LogP contribution in [-0.2, 0) is 9.47 Å². The second-order valence-corrected chi connectivity index (χ2v) is 1.99. The zero-order chi connectivity index (χ0) is 7.98. The van der Waals surface area contributed by atoms with Crippen LogP contribution in [0.1, 0.15) is 6.92 Å². The quantitative estimate of drug-likeness (QED) is 0.627. The van der Waals surface area contributed by atoms with E-state index in [2.05, 4.69) is 10.1 Å². The summed E-state index contributed by atoms with van der Waals surface area (Å²) in [7, 11) is 2.91. The predicted molar refractivity (Wildman–Crippen MR) is 36.9 cm³/mol. The standard InChI is InChI=1S/C6H13NO3/c1-5(4-9-2)7-6(8)10-3/h5H,4H2,1-3H3,(H,7,8)/t5-/m0/s1. The van der Waals surface area contributed by atoms with Gasteiger partial charge in [-0.2, -0.15) is 0 Å². The first-order chi connectivity index (χ1) is 4.70. The van der Waals surface area contributed by atoms with Gasteiger partial charge in [-0.05, 0) is 6.92 Å². The Labute approximate surface area is 60.5 Å². The molecule has 0 saturated heterocycles. The molecule has 0 fully saturated rings. The molecule has 1 amide bonds. The monoisotopic (exact) mass is 147 g/mol. The number of amides is 1. The highest BCUT2D eigenvalue weighted by atomic mass is 16.5. The van der Waals surface area contributed by atoms with Crippen molar-refractivity contribution in [2.45, 2.75) is 13.0 Å². The molecule has 0 aromatic rings. The highest BCUT2D eigenvalue weighted by Crippen LogP contribution is 1.82. The lowest BCUT2D eigenvalue weighted by Crippen LogP contribution is -2.35. The molecule has 0 spiro atoms. The maximum absolute atomic E-state index is 10.5. The maximum atomic E-state index is 10.5. The minimum absolute atomic E-state index is 0.00236. The van der Waals surface area contributed by atoms with Crippen LogP contribution in [-0.4, -0.2) is 33.0 Å². The number of alkyl carbamates (subject to hydrolysis) is 1. The largest absolute Gasteiger partial charge is 0.453 e. The molecule has 10 heavy (non-hydrogen) atoms. The van der Waals surface area contributed by atoms with Crippen molar-refractivity contribution in [1.82, 2.24) is 5.32 Å². The molecular formula is C6H13NO3. The predicted octanol–water partition coefficient (Wildman–Crippen LogP) is 0.377. The van der Waals surface area contributed by atoms with Crippen LogP contribution in [0.15, 0.2) is 0 Å². The summed E-state index contributed by atoms with van der Waals surface area (Å²) >= 11 is 0. The summed E-state index contributed by atoms with van der Waals surface area (Å²) in [5.74, 6) is 0.